The Labute approximate surface area is 114 Å². The summed E-state index contributed by atoms with van der Waals surface area (Å²) < 4.78 is 0. The van der Waals surface area contributed by atoms with Crippen LogP contribution in [0.15, 0.2) is 0 Å². The maximum atomic E-state index is 11.9. The fraction of sp³-hybridized carbons (Fsp3) is 0.600. The summed E-state index contributed by atoms with van der Waals surface area (Å²) in [6.45, 7) is 0.367. The van der Waals surface area contributed by atoms with Crippen LogP contribution in [0.25, 0.3) is 0 Å². The molecule has 19 heavy (non-hydrogen) atoms. The Morgan fingerprint density at radius 1 is 1.05 bits per heavy atom. The molecular formula is C15H21N3O. The lowest BCUT2D eigenvalue weighted by Crippen LogP contribution is -2.27. The average Bonchev–Trinajstić information content (AvgIpc) is 2.87. The number of carbonyl (C=O) groups is 1. The van der Waals surface area contributed by atoms with Crippen LogP contribution >= 0.6 is 0 Å². The van der Waals surface area contributed by atoms with Gasteiger partial charge in [-0.15, -0.1) is 0 Å². The number of fused-ring (bicyclic) bond motifs is 2. The van der Waals surface area contributed by atoms with Crippen LogP contribution in [0.3, 0.4) is 0 Å². The molecule has 1 heterocycles. The van der Waals surface area contributed by atoms with Crippen LogP contribution in [0.2, 0.25) is 0 Å². The first-order valence-corrected chi connectivity index (χ1v) is 7.27. The number of pyridine rings is 1. The molecule has 0 radical (unpaired) electrons. The molecule has 0 aromatic carbocycles. The molecule has 0 spiro atoms. The zero-order chi connectivity index (χ0) is 13.2. The van der Waals surface area contributed by atoms with Crippen molar-refractivity contribution in [3.05, 3.63) is 22.5 Å². The first-order chi connectivity index (χ1) is 9.29. The summed E-state index contributed by atoms with van der Waals surface area (Å²) in [5.41, 5.74) is 6.14. The molecule has 4 heteroatoms. The third kappa shape index (κ3) is 2.37. The van der Waals surface area contributed by atoms with Crippen molar-refractivity contribution in [1.29, 1.82) is 0 Å². The molecule has 1 aromatic rings. The molecule has 2 aliphatic rings. The zero-order valence-corrected chi connectivity index (χ0v) is 11.5. The minimum atomic E-state index is 0.0515. The summed E-state index contributed by atoms with van der Waals surface area (Å²) in [7, 11) is 1.80. The molecule has 4 nitrogen and oxygen atoms in total. The quantitative estimate of drug-likeness (QED) is 0.867. The van der Waals surface area contributed by atoms with Crippen molar-refractivity contribution in [2.75, 3.05) is 18.9 Å². The lowest BCUT2D eigenvalue weighted by atomic mass is 9.92. The minimum Gasteiger partial charge on any atom is -0.324 e. The van der Waals surface area contributed by atoms with Gasteiger partial charge in [-0.25, -0.2) is 0 Å². The van der Waals surface area contributed by atoms with Gasteiger partial charge in [0.25, 0.3) is 0 Å². The molecule has 1 amide bonds. The largest absolute Gasteiger partial charge is 0.324 e. The van der Waals surface area contributed by atoms with Gasteiger partial charge in [-0.2, -0.15) is 0 Å². The standard InChI is InChI=1S/C15H21N3O/c1-16-9-14(19)18-15-10-5-2-3-7-12(10)17-13-8-4-6-11(13)15/h16H,2-9H2,1H3,(H,17,18,19). The van der Waals surface area contributed by atoms with E-state index in [1.807, 2.05) is 0 Å². The second kappa shape index (κ2) is 5.29. The summed E-state index contributed by atoms with van der Waals surface area (Å²) in [5, 5.41) is 6.04. The fourth-order valence-electron chi connectivity index (χ4n) is 3.24. The van der Waals surface area contributed by atoms with Crippen molar-refractivity contribution < 1.29 is 4.79 Å². The van der Waals surface area contributed by atoms with Crippen LogP contribution in [-0.4, -0.2) is 24.5 Å². The summed E-state index contributed by atoms with van der Waals surface area (Å²) >= 11 is 0. The van der Waals surface area contributed by atoms with E-state index in [1.54, 1.807) is 7.05 Å². The molecular weight excluding hydrogens is 238 g/mol. The van der Waals surface area contributed by atoms with Gasteiger partial charge in [0.05, 0.1) is 12.2 Å². The summed E-state index contributed by atoms with van der Waals surface area (Å²) in [4.78, 5) is 16.7. The van der Waals surface area contributed by atoms with Gasteiger partial charge >= 0.3 is 0 Å². The van der Waals surface area contributed by atoms with Crippen LogP contribution in [0.4, 0.5) is 5.69 Å². The number of carbonyl (C=O) groups excluding carboxylic acids is 1. The van der Waals surface area contributed by atoms with Gasteiger partial charge in [0, 0.05) is 11.4 Å². The fourth-order valence-corrected chi connectivity index (χ4v) is 3.24. The highest BCUT2D eigenvalue weighted by atomic mass is 16.1. The van der Waals surface area contributed by atoms with Crippen LogP contribution in [0.5, 0.6) is 0 Å². The van der Waals surface area contributed by atoms with Crippen LogP contribution in [0, 0.1) is 0 Å². The van der Waals surface area contributed by atoms with E-state index >= 15 is 0 Å². The second-order valence-corrected chi connectivity index (χ2v) is 5.48. The number of nitrogens with one attached hydrogen (secondary N) is 2. The molecule has 0 saturated heterocycles. The van der Waals surface area contributed by atoms with E-state index in [9.17, 15) is 4.79 Å². The molecule has 1 aromatic heterocycles. The number of rotatable bonds is 3. The number of nitrogens with zero attached hydrogens (tertiary/aromatic N) is 1. The number of aryl methyl sites for hydroxylation is 2. The highest BCUT2D eigenvalue weighted by Gasteiger charge is 2.25. The second-order valence-electron chi connectivity index (χ2n) is 5.48. The predicted molar refractivity (Wildman–Crippen MR) is 75.5 cm³/mol. The Kier molecular flexibility index (Phi) is 3.51. The molecule has 3 rings (SSSR count). The van der Waals surface area contributed by atoms with E-state index < -0.39 is 0 Å². The van der Waals surface area contributed by atoms with Crippen LogP contribution < -0.4 is 10.6 Å². The summed E-state index contributed by atoms with van der Waals surface area (Å²) in [6, 6.07) is 0. The van der Waals surface area contributed by atoms with Crippen molar-refractivity contribution in [3.8, 4) is 0 Å². The SMILES string of the molecule is CNCC(=O)Nc1c2c(nc3c1CCC3)CCCC2. The number of likely N-dealkylation sites (N-methyl/N-ethyl adjacent to an activating group) is 1. The molecule has 102 valence electrons. The third-order valence-electron chi connectivity index (χ3n) is 4.10. The molecule has 2 N–H and O–H groups in total. The van der Waals surface area contributed by atoms with Gasteiger partial charge in [0.2, 0.25) is 5.91 Å². The monoisotopic (exact) mass is 259 g/mol. The lowest BCUT2D eigenvalue weighted by Gasteiger charge is -2.22. The van der Waals surface area contributed by atoms with E-state index in [2.05, 4.69) is 10.6 Å². The van der Waals surface area contributed by atoms with E-state index in [0.717, 1.165) is 31.4 Å². The number of anilines is 1. The van der Waals surface area contributed by atoms with Gasteiger partial charge in [-0.05, 0) is 63.1 Å². The van der Waals surface area contributed by atoms with Crippen molar-refractivity contribution >= 4 is 11.6 Å². The van der Waals surface area contributed by atoms with E-state index in [-0.39, 0.29) is 5.91 Å². The van der Waals surface area contributed by atoms with Crippen LogP contribution in [-0.2, 0) is 30.5 Å². The highest BCUT2D eigenvalue weighted by molar-refractivity contribution is 5.94. The smallest absolute Gasteiger partial charge is 0.238 e. The molecule has 0 fully saturated rings. The Bertz CT molecular complexity index is 511. The van der Waals surface area contributed by atoms with Crippen LogP contribution in [0.1, 0.15) is 41.8 Å². The van der Waals surface area contributed by atoms with Gasteiger partial charge in [0.1, 0.15) is 0 Å². The van der Waals surface area contributed by atoms with Gasteiger partial charge in [0.15, 0.2) is 0 Å². The van der Waals surface area contributed by atoms with Crippen molar-refractivity contribution in [3.63, 3.8) is 0 Å². The van der Waals surface area contributed by atoms with Gasteiger partial charge < -0.3 is 10.6 Å². The minimum absolute atomic E-state index is 0.0515. The number of amides is 1. The Morgan fingerprint density at radius 2 is 1.68 bits per heavy atom. The van der Waals surface area contributed by atoms with Crippen molar-refractivity contribution in [2.24, 2.45) is 0 Å². The highest BCUT2D eigenvalue weighted by Crippen LogP contribution is 2.35. The summed E-state index contributed by atoms with van der Waals surface area (Å²) in [5.74, 6) is 0.0515. The van der Waals surface area contributed by atoms with Crippen molar-refractivity contribution in [1.82, 2.24) is 10.3 Å². The Balaban J connectivity index is 2.00. The van der Waals surface area contributed by atoms with E-state index in [0.29, 0.717) is 6.54 Å². The maximum absolute atomic E-state index is 11.9. The molecule has 2 aliphatic carbocycles. The van der Waals surface area contributed by atoms with Gasteiger partial charge in [-0.3, -0.25) is 9.78 Å². The van der Waals surface area contributed by atoms with Gasteiger partial charge in [-0.1, -0.05) is 0 Å². The average molecular weight is 259 g/mol. The molecule has 0 atom stereocenters. The molecule has 0 bridgehead atoms. The van der Waals surface area contributed by atoms with E-state index in [4.69, 9.17) is 4.98 Å². The first-order valence-electron chi connectivity index (χ1n) is 7.27. The topological polar surface area (TPSA) is 54.0 Å². The maximum Gasteiger partial charge on any atom is 0.238 e. The molecule has 0 saturated carbocycles. The predicted octanol–water partition coefficient (Wildman–Crippen LogP) is 1.61. The summed E-state index contributed by atoms with van der Waals surface area (Å²) in [6.07, 6.45) is 7.86. The van der Waals surface area contributed by atoms with E-state index in [1.165, 1.54) is 41.8 Å². The Morgan fingerprint density at radius 3 is 2.42 bits per heavy atom. The lowest BCUT2D eigenvalue weighted by molar-refractivity contribution is -0.115. The number of aromatic nitrogens is 1. The Hall–Kier alpha value is -1.42. The van der Waals surface area contributed by atoms with Crippen molar-refractivity contribution in [2.45, 2.75) is 44.9 Å². The molecule has 0 aliphatic heterocycles. The normalized spacial score (nSPS) is 16.9. The number of hydrogen-bond acceptors (Lipinski definition) is 3. The zero-order valence-electron chi connectivity index (χ0n) is 11.5. The third-order valence-corrected chi connectivity index (χ3v) is 4.10. The number of hydrogen-bond donors (Lipinski definition) is 2. The first kappa shape index (κ1) is 12.6. The molecule has 0 unspecified atom stereocenters.